The summed E-state index contributed by atoms with van der Waals surface area (Å²) in [6.07, 6.45) is 5.33. The van der Waals surface area contributed by atoms with Crippen LogP contribution in [0, 0.1) is 0 Å². The third-order valence-corrected chi connectivity index (χ3v) is 3.84. The first-order chi connectivity index (χ1) is 6.86. The summed E-state index contributed by atoms with van der Waals surface area (Å²) >= 11 is 1.84. The molecule has 1 heterocycles. The predicted molar refractivity (Wildman–Crippen MR) is 62.4 cm³/mol. The lowest BCUT2D eigenvalue weighted by Gasteiger charge is -2.13. The molecule has 0 spiro atoms. The molecule has 1 aromatic heterocycles. The summed E-state index contributed by atoms with van der Waals surface area (Å²) in [5.41, 5.74) is 7.45. The normalized spacial score (nSPS) is 19.9. The van der Waals surface area contributed by atoms with Gasteiger partial charge in [0.05, 0.1) is 0 Å². The fourth-order valence-corrected chi connectivity index (χ4v) is 3.24. The van der Waals surface area contributed by atoms with Crippen LogP contribution in [0.15, 0.2) is 30.3 Å². The predicted octanol–water partition coefficient (Wildman–Crippen LogP) is 3.32. The van der Waals surface area contributed by atoms with Crippen molar-refractivity contribution in [3.63, 3.8) is 0 Å². The number of fused-ring (bicyclic) bond motifs is 3. The molecule has 1 aliphatic rings. The second-order valence-electron chi connectivity index (χ2n) is 3.62. The summed E-state index contributed by atoms with van der Waals surface area (Å²) in [7, 11) is 0. The van der Waals surface area contributed by atoms with Crippen molar-refractivity contribution >= 4 is 27.5 Å². The Morgan fingerprint density at radius 2 is 2.14 bits per heavy atom. The van der Waals surface area contributed by atoms with E-state index in [1.54, 1.807) is 0 Å². The molecule has 0 bridgehead atoms. The molecule has 70 valence electrons. The standard InChI is InChI=1S/C12H11NS/c13-9-5-3-7-11-12(9)8-4-1-2-6-10(8)14-11/h1-4,6-7,9H,5,13H2. The first-order valence-electron chi connectivity index (χ1n) is 4.80. The summed E-state index contributed by atoms with van der Waals surface area (Å²) < 4.78 is 1.35. The molecule has 1 aromatic carbocycles. The highest BCUT2D eigenvalue weighted by molar-refractivity contribution is 7.20. The molecule has 0 amide bonds. The Hall–Kier alpha value is -1.12. The molecule has 0 saturated carbocycles. The maximum Gasteiger partial charge on any atom is 0.0352 e. The molecule has 0 radical (unpaired) electrons. The molecule has 14 heavy (non-hydrogen) atoms. The highest BCUT2D eigenvalue weighted by Gasteiger charge is 2.18. The highest BCUT2D eigenvalue weighted by atomic mass is 32.1. The quantitative estimate of drug-likeness (QED) is 0.695. The van der Waals surface area contributed by atoms with Gasteiger partial charge < -0.3 is 5.73 Å². The van der Waals surface area contributed by atoms with Crippen LogP contribution in [-0.4, -0.2) is 0 Å². The van der Waals surface area contributed by atoms with Gasteiger partial charge in [-0.05, 0) is 29.5 Å². The van der Waals surface area contributed by atoms with Crippen molar-refractivity contribution in [3.05, 3.63) is 40.8 Å². The summed E-state index contributed by atoms with van der Waals surface area (Å²) in [5.74, 6) is 0. The van der Waals surface area contributed by atoms with Gasteiger partial charge in [-0.25, -0.2) is 0 Å². The van der Waals surface area contributed by atoms with Crippen LogP contribution < -0.4 is 5.73 Å². The second-order valence-corrected chi connectivity index (χ2v) is 4.70. The Morgan fingerprint density at radius 3 is 3.07 bits per heavy atom. The van der Waals surface area contributed by atoms with Crippen molar-refractivity contribution in [1.82, 2.24) is 0 Å². The van der Waals surface area contributed by atoms with Gasteiger partial charge in [0, 0.05) is 15.6 Å². The molecule has 1 unspecified atom stereocenters. The zero-order valence-electron chi connectivity index (χ0n) is 7.73. The van der Waals surface area contributed by atoms with Crippen LogP contribution >= 0.6 is 11.3 Å². The van der Waals surface area contributed by atoms with E-state index in [0.29, 0.717) is 0 Å². The fourth-order valence-electron chi connectivity index (χ4n) is 2.03. The van der Waals surface area contributed by atoms with Crippen molar-refractivity contribution in [1.29, 1.82) is 0 Å². The van der Waals surface area contributed by atoms with E-state index < -0.39 is 0 Å². The first kappa shape index (κ1) is 8.21. The Morgan fingerprint density at radius 1 is 1.29 bits per heavy atom. The number of thiophene rings is 1. The third-order valence-electron chi connectivity index (χ3n) is 2.69. The summed E-state index contributed by atoms with van der Waals surface area (Å²) in [4.78, 5) is 1.34. The number of rotatable bonds is 0. The maximum atomic E-state index is 6.11. The van der Waals surface area contributed by atoms with Crippen LogP contribution in [0.5, 0.6) is 0 Å². The summed E-state index contributed by atoms with van der Waals surface area (Å²) in [6, 6.07) is 8.69. The van der Waals surface area contributed by atoms with Crippen LogP contribution in [0.25, 0.3) is 16.2 Å². The molecular formula is C12H11NS. The van der Waals surface area contributed by atoms with Crippen LogP contribution in [-0.2, 0) is 0 Å². The van der Waals surface area contributed by atoms with Gasteiger partial charge in [0.2, 0.25) is 0 Å². The first-order valence-corrected chi connectivity index (χ1v) is 5.61. The molecule has 1 atom stereocenters. The minimum Gasteiger partial charge on any atom is -0.324 e. The Bertz CT molecular complexity index is 510. The lowest BCUT2D eigenvalue weighted by molar-refractivity contribution is 0.743. The fraction of sp³-hybridized carbons (Fsp3) is 0.167. The lowest BCUT2D eigenvalue weighted by Crippen LogP contribution is -2.11. The van der Waals surface area contributed by atoms with Gasteiger partial charge in [0.1, 0.15) is 0 Å². The zero-order chi connectivity index (χ0) is 9.54. The zero-order valence-corrected chi connectivity index (χ0v) is 8.55. The van der Waals surface area contributed by atoms with Gasteiger partial charge in [-0.1, -0.05) is 24.3 Å². The van der Waals surface area contributed by atoms with E-state index in [1.807, 2.05) is 11.3 Å². The van der Waals surface area contributed by atoms with Crippen molar-refractivity contribution in [3.8, 4) is 0 Å². The van der Waals surface area contributed by atoms with Gasteiger partial charge >= 0.3 is 0 Å². The largest absolute Gasteiger partial charge is 0.324 e. The van der Waals surface area contributed by atoms with Crippen LogP contribution in [0.2, 0.25) is 0 Å². The molecule has 0 aliphatic heterocycles. The second kappa shape index (κ2) is 2.94. The van der Waals surface area contributed by atoms with Crippen LogP contribution in [0.1, 0.15) is 22.9 Å². The van der Waals surface area contributed by atoms with Crippen molar-refractivity contribution in [2.45, 2.75) is 12.5 Å². The van der Waals surface area contributed by atoms with E-state index in [1.165, 1.54) is 20.5 Å². The third kappa shape index (κ3) is 1.04. The van der Waals surface area contributed by atoms with Gasteiger partial charge in [-0.2, -0.15) is 0 Å². The molecule has 0 fully saturated rings. The monoisotopic (exact) mass is 201 g/mol. The molecule has 2 heteroatoms. The highest BCUT2D eigenvalue weighted by Crippen LogP contribution is 2.38. The van der Waals surface area contributed by atoms with Crippen LogP contribution in [0.4, 0.5) is 0 Å². The topological polar surface area (TPSA) is 26.0 Å². The average molecular weight is 201 g/mol. The number of nitrogens with two attached hydrogens (primary N) is 1. The van der Waals surface area contributed by atoms with E-state index in [-0.39, 0.29) is 6.04 Å². The van der Waals surface area contributed by atoms with Gasteiger partial charge in [0.15, 0.2) is 0 Å². The summed E-state index contributed by atoms with van der Waals surface area (Å²) in [5, 5.41) is 1.34. The van der Waals surface area contributed by atoms with Crippen LogP contribution in [0.3, 0.4) is 0 Å². The van der Waals surface area contributed by atoms with E-state index in [4.69, 9.17) is 5.73 Å². The minimum absolute atomic E-state index is 0.186. The average Bonchev–Trinajstić information content (AvgIpc) is 2.57. The number of benzene rings is 1. The molecule has 2 aromatic rings. The van der Waals surface area contributed by atoms with Crippen molar-refractivity contribution < 1.29 is 0 Å². The Labute approximate surface area is 86.9 Å². The minimum atomic E-state index is 0.186. The van der Waals surface area contributed by atoms with E-state index in [9.17, 15) is 0 Å². The summed E-state index contributed by atoms with van der Waals surface area (Å²) in [6.45, 7) is 0. The molecule has 3 rings (SSSR count). The van der Waals surface area contributed by atoms with Gasteiger partial charge in [-0.3, -0.25) is 0 Å². The number of hydrogen-bond acceptors (Lipinski definition) is 2. The van der Waals surface area contributed by atoms with Gasteiger partial charge in [-0.15, -0.1) is 11.3 Å². The number of hydrogen-bond donors (Lipinski definition) is 1. The van der Waals surface area contributed by atoms with Gasteiger partial charge in [0.25, 0.3) is 0 Å². The Balaban J connectivity index is 2.40. The molecule has 1 nitrogen and oxygen atoms in total. The molecule has 2 N–H and O–H groups in total. The van der Waals surface area contributed by atoms with E-state index in [2.05, 4.69) is 36.4 Å². The van der Waals surface area contributed by atoms with E-state index >= 15 is 0 Å². The SMILES string of the molecule is NC1CC=Cc2sc3ccccc3c21. The van der Waals surface area contributed by atoms with Crippen molar-refractivity contribution in [2.24, 2.45) is 5.73 Å². The smallest absolute Gasteiger partial charge is 0.0352 e. The lowest BCUT2D eigenvalue weighted by atomic mass is 9.97. The molecular weight excluding hydrogens is 190 g/mol. The maximum absolute atomic E-state index is 6.11. The Kier molecular flexibility index (Phi) is 1.72. The molecule has 1 aliphatic carbocycles. The van der Waals surface area contributed by atoms with E-state index in [0.717, 1.165) is 6.42 Å². The molecule has 0 saturated heterocycles. The van der Waals surface area contributed by atoms with Crippen molar-refractivity contribution in [2.75, 3.05) is 0 Å².